The maximum atomic E-state index is 6.75. The summed E-state index contributed by atoms with van der Waals surface area (Å²) < 4.78 is 14.4. The Morgan fingerprint density at radius 1 is 1.17 bits per heavy atom. The first-order chi connectivity index (χ1) is 11.6. The largest absolute Gasteiger partial charge is 0.467 e. The summed E-state index contributed by atoms with van der Waals surface area (Å²) in [6.45, 7) is 8.75. The summed E-state index contributed by atoms with van der Waals surface area (Å²) in [6.07, 6.45) is 3.33. The van der Waals surface area contributed by atoms with Gasteiger partial charge in [0, 0.05) is 48.2 Å². The van der Waals surface area contributed by atoms with E-state index >= 15 is 0 Å². The van der Waals surface area contributed by atoms with Crippen LogP contribution in [0, 0.1) is 0 Å². The number of benzene rings is 1. The number of likely N-dealkylation sites (tertiary alicyclic amines) is 1. The summed E-state index contributed by atoms with van der Waals surface area (Å²) in [5, 5.41) is 0. The Kier molecular flexibility index (Phi) is 4.77. The summed E-state index contributed by atoms with van der Waals surface area (Å²) in [5.41, 5.74) is 2.20. The van der Waals surface area contributed by atoms with E-state index in [4.69, 9.17) is 9.47 Å². The zero-order valence-electron chi connectivity index (χ0n) is 13.9. The van der Waals surface area contributed by atoms with Gasteiger partial charge in [-0.3, -0.25) is 9.80 Å². The third kappa shape index (κ3) is 2.86. The molecule has 4 rings (SSSR count). The molecular formula is C18H22Br2N2O2. The smallest absolute Gasteiger partial charge is 0.188 e. The van der Waals surface area contributed by atoms with Crippen LogP contribution in [0.5, 0.6) is 5.75 Å². The van der Waals surface area contributed by atoms with Crippen molar-refractivity contribution in [1.82, 2.24) is 9.80 Å². The standard InChI is InChI=1S/C18H22Br2N2O2/c1-2-21-4-3-18(22-5-7-23-8-6-22)14(12-21)9-13-10-15(19)11-16(20)17(13)24-18/h9-11H,2-8,12H2,1H3. The molecule has 1 atom stereocenters. The third-order valence-electron chi connectivity index (χ3n) is 5.27. The third-order valence-corrected chi connectivity index (χ3v) is 6.32. The van der Waals surface area contributed by atoms with E-state index in [1.807, 2.05) is 0 Å². The summed E-state index contributed by atoms with van der Waals surface area (Å²) in [7, 11) is 0. The molecule has 0 aliphatic carbocycles. The molecule has 0 aromatic heterocycles. The van der Waals surface area contributed by atoms with E-state index in [0.29, 0.717) is 0 Å². The fourth-order valence-electron chi connectivity index (χ4n) is 3.96. The lowest BCUT2D eigenvalue weighted by atomic mass is 9.87. The molecule has 0 saturated carbocycles. The van der Waals surface area contributed by atoms with E-state index in [1.54, 1.807) is 0 Å². The Bertz CT molecular complexity index is 673. The monoisotopic (exact) mass is 456 g/mol. The predicted molar refractivity (Wildman–Crippen MR) is 102 cm³/mol. The fourth-order valence-corrected chi connectivity index (χ4v) is 5.30. The molecule has 2 fully saturated rings. The lowest BCUT2D eigenvalue weighted by Gasteiger charge is -2.52. The number of rotatable bonds is 2. The van der Waals surface area contributed by atoms with Gasteiger partial charge in [0.1, 0.15) is 5.75 Å². The van der Waals surface area contributed by atoms with E-state index in [1.165, 1.54) is 5.57 Å². The average Bonchev–Trinajstić information content (AvgIpc) is 2.60. The average molecular weight is 458 g/mol. The second-order valence-corrected chi connectivity index (χ2v) is 8.35. The van der Waals surface area contributed by atoms with Crippen LogP contribution in [0.3, 0.4) is 0 Å². The van der Waals surface area contributed by atoms with Crippen LogP contribution in [0.4, 0.5) is 0 Å². The van der Waals surface area contributed by atoms with E-state index in [9.17, 15) is 0 Å². The van der Waals surface area contributed by atoms with Crippen LogP contribution in [-0.2, 0) is 4.74 Å². The highest BCUT2D eigenvalue weighted by Crippen LogP contribution is 2.46. The van der Waals surface area contributed by atoms with Crippen molar-refractivity contribution in [3.8, 4) is 5.75 Å². The molecule has 3 heterocycles. The number of likely N-dealkylation sites (N-methyl/N-ethyl adjacent to an activating group) is 1. The molecule has 130 valence electrons. The zero-order valence-corrected chi connectivity index (χ0v) is 17.0. The van der Waals surface area contributed by atoms with Crippen LogP contribution in [0.1, 0.15) is 18.9 Å². The van der Waals surface area contributed by atoms with E-state index in [0.717, 1.165) is 72.6 Å². The second kappa shape index (κ2) is 6.72. The minimum Gasteiger partial charge on any atom is -0.467 e. The first kappa shape index (κ1) is 17.0. The Balaban J connectivity index is 1.79. The summed E-state index contributed by atoms with van der Waals surface area (Å²) in [5.74, 6) is 0.957. The molecular weight excluding hydrogens is 436 g/mol. The number of morpholine rings is 1. The Hall–Kier alpha value is -0.400. The SMILES string of the molecule is CCN1CCC2(N3CCOCC3)Oc3c(Br)cc(Br)cc3C=C2C1. The summed E-state index contributed by atoms with van der Waals surface area (Å²) in [6, 6.07) is 4.20. The molecule has 0 bridgehead atoms. The van der Waals surface area contributed by atoms with Crippen molar-refractivity contribution < 1.29 is 9.47 Å². The second-order valence-electron chi connectivity index (χ2n) is 6.58. The first-order valence-corrected chi connectivity index (χ1v) is 10.2. The van der Waals surface area contributed by atoms with Crippen LogP contribution in [0.25, 0.3) is 6.08 Å². The van der Waals surface area contributed by atoms with Crippen LogP contribution >= 0.6 is 31.9 Å². The Labute approximate surface area is 160 Å². The van der Waals surface area contributed by atoms with Gasteiger partial charge in [-0.1, -0.05) is 22.9 Å². The molecule has 4 nitrogen and oxygen atoms in total. The number of nitrogens with zero attached hydrogens (tertiary/aromatic N) is 2. The van der Waals surface area contributed by atoms with Crippen molar-refractivity contribution in [2.45, 2.75) is 19.1 Å². The van der Waals surface area contributed by atoms with Crippen molar-refractivity contribution in [3.05, 3.63) is 32.2 Å². The van der Waals surface area contributed by atoms with Gasteiger partial charge in [0.25, 0.3) is 0 Å². The topological polar surface area (TPSA) is 24.9 Å². The number of hydrogen-bond donors (Lipinski definition) is 0. The maximum absolute atomic E-state index is 6.75. The van der Waals surface area contributed by atoms with Crippen LogP contribution in [0.15, 0.2) is 26.7 Å². The minimum absolute atomic E-state index is 0.321. The molecule has 6 heteroatoms. The predicted octanol–water partition coefficient (Wildman–Crippen LogP) is 3.74. The zero-order chi connectivity index (χ0) is 16.7. The fraction of sp³-hybridized carbons (Fsp3) is 0.556. The van der Waals surface area contributed by atoms with Crippen molar-refractivity contribution in [2.24, 2.45) is 0 Å². The van der Waals surface area contributed by atoms with Crippen LogP contribution in [-0.4, -0.2) is 61.5 Å². The number of piperidine rings is 1. The molecule has 24 heavy (non-hydrogen) atoms. The summed E-state index contributed by atoms with van der Waals surface area (Å²) >= 11 is 7.28. The quantitative estimate of drug-likeness (QED) is 0.675. The highest BCUT2D eigenvalue weighted by atomic mass is 79.9. The van der Waals surface area contributed by atoms with Gasteiger partial charge in [-0.05, 0) is 40.7 Å². The molecule has 3 aliphatic rings. The summed E-state index contributed by atoms with van der Waals surface area (Å²) in [4.78, 5) is 4.97. The van der Waals surface area contributed by atoms with E-state index in [-0.39, 0.29) is 5.72 Å². The number of halogens is 2. The van der Waals surface area contributed by atoms with Gasteiger partial charge in [0.2, 0.25) is 0 Å². The highest BCUT2D eigenvalue weighted by Gasteiger charge is 2.48. The maximum Gasteiger partial charge on any atom is 0.188 e. The van der Waals surface area contributed by atoms with Crippen molar-refractivity contribution in [2.75, 3.05) is 45.9 Å². The molecule has 2 saturated heterocycles. The first-order valence-electron chi connectivity index (χ1n) is 8.56. The number of hydrogen-bond acceptors (Lipinski definition) is 4. The van der Waals surface area contributed by atoms with Gasteiger partial charge in [-0.25, -0.2) is 0 Å². The van der Waals surface area contributed by atoms with Gasteiger partial charge >= 0.3 is 0 Å². The number of ether oxygens (including phenoxy) is 2. The van der Waals surface area contributed by atoms with Crippen molar-refractivity contribution in [1.29, 1.82) is 0 Å². The van der Waals surface area contributed by atoms with Gasteiger partial charge in [0.15, 0.2) is 5.72 Å². The molecule has 3 aliphatic heterocycles. The lowest BCUT2D eigenvalue weighted by molar-refractivity contribution is -0.119. The molecule has 0 spiro atoms. The molecule has 1 aromatic rings. The van der Waals surface area contributed by atoms with E-state index < -0.39 is 0 Å². The number of fused-ring (bicyclic) bond motifs is 2. The molecule has 0 amide bonds. The normalized spacial score (nSPS) is 27.9. The van der Waals surface area contributed by atoms with Crippen molar-refractivity contribution >= 4 is 37.9 Å². The highest BCUT2D eigenvalue weighted by molar-refractivity contribution is 9.11. The van der Waals surface area contributed by atoms with Gasteiger partial charge < -0.3 is 9.47 Å². The minimum atomic E-state index is -0.321. The molecule has 1 unspecified atom stereocenters. The Morgan fingerprint density at radius 3 is 2.71 bits per heavy atom. The van der Waals surface area contributed by atoms with Crippen molar-refractivity contribution in [3.63, 3.8) is 0 Å². The van der Waals surface area contributed by atoms with Gasteiger partial charge in [-0.15, -0.1) is 0 Å². The molecule has 1 aromatic carbocycles. The van der Waals surface area contributed by atoms with E-state index in [2.05, 4.69) is 66.8 Å². The molecule has 0 N–H and O–H groups in total. The Morgan fingerprint density at radius 2 is 1.96 bits per heavy atom. The van der Waals surface area contributed by atoms with Gasteiger partial charge in [-0.2, -0.15) is 0 Å². The van der Waals surface area contributed by atoms with Crippen LogP contribution < -0.4 is 4.74 Å². The lowest BCUT2D eigenvalue weighted by Crippen LogP contribution is -2.63. The van der Waals surface area contributed by atoms with Gasteiger partial charge in [0.05, 0.1) is 17.7 Å². The molecule has 0 radical (unpaired) electrons. The van der Waals surface area contributed by atoms with Crippen LogP contribution in [0.2, 0.25) is 0 Å².